The van der Waals surface area contributed by atoms with Gasteiger partial charge in [0.15, 0.2) is 5.71 Å². The van der Waals surface area contributed by atoms with Gasteiger partial charge in [-0.05, 0) is 61.7 Å². The lowest BCUT2D eigenvalue weighted by molar-refractivity contribution is -0.112. The molecule has 0 radical (unpaired) electrons. The largest absolute Gasteiger partial charge is 0.457 e. The molecule has 2 aromatic rings. The summed E-state index contributed by atoms with van der Waals surface area (Å²) in [5, 5.41) is 3.70. The smallest absolute Gasteiger partial charge is 0.271 e. The second-order valence-electron chi connectivity index (χ2n) is 5.33. The van der Waals surface area contributed by atoms with E-state index in [2.05, 4.69) is 9.99 Å². The molecule has 2 rings (SSSR count). The van der Waals surface area contributed by atoms with Crippen molar-refractivity contribution >= 4 is 11.6 Å². The zero-order valence-electron chi connectivity index (χ0n) is 13.7. The Balaban J connectivity index is 2.34. The summed E-state index contributed by atoms with van der Waals surface area (Å²) in [6, 6.07) is 11.4. The van der Waals surface area contributed by atoms with Crippen molar-refractivity contribution < 1.29 is 14.4 Å². The van der Waals surface area contributed by atoms with E-state index in [4.69, 9.17) is 10.5 Å². The first-order chi connectivity index (χ1) is 10.9. The molecule has 5 heteroatoms. The van der Waals surface area contributed by atoms with Crippen molar-refractivity contribution in [3.8, 4) is 11.5 Å². The molecule has 0 aliphatic rings. The second-order valence-corrected chi connectivity index (χ2v) is 5.33. The molecule has 0 bridgehead atoms. The summed E-state index contributed by atoms with van der Waals surface area (Å²) in [5.41, 5.74) is 9.05. The number of ether oxygens (including phenoxy) is 1. The molecule has 0 unspecified atom stereocenters. The Morgan fingerprint density at radius 3 is 2.39 bits per heavy atom. The Labute approximate surface area is 135 Å². The number of carbonyl (C=O) groups excluding carboxylic acids is 1. The van der Waals surface area contributed by atoms with E-state index in [1.54, 1.807) is 12.1 Å². The summed E-state index contributed by atoms with van der Waals surface area (Å²) in [5.74, 6) is 0.845. The zero-order valence-corrected chi connectivity index (χ0v) is 13.7. The topological polar surface area (TPSA) is 73.9 Å². The molecule has 1 amide bonds. The van der Waals surface area contributed by atoms with Crippen LogP contribution in [0.4, 0.5) is 0 Å². The van der Waals surface area contributed by atoms with Crippen LogP contribution in [-0.2, 0) is 9.63 Å². The van der Waals surface area contributed by atoms with Crippen molar-refractivity contribution in [3.05, 3.63) is 58.7 Å². The van der Waals surface area contributed by atoms with Gasteiger partial charge in [-0.1, -0.05) is 17.3 Å². The molecule has 0 saturated heterocycles. The lowest BCUT2D eigenvalue weighted by Crippen LogP contribution is -2.25. The van der Waals surface area contributed by atoms with Crippen LogP contribution in [-0.4, -0.2) is 18.7 Å². The van der Waals surface area contributed by atoms with Crippen molar-refractivity contribution in [2.75, 3.05) is 7.11 Å². The first-order valence-corrected chi connectivity index (χ1v) is 7.19. The third-order valence-electron chi connectivity index (χ3n) is 3.44. The lowest BCUT2D eigenvalue weighted by Gasteiger charge is -2.12. The van der Waals surface area contributed by atoms with Crippen molar-refractivity contribution in [3.63, 3.8) is 0 Å². The Kier molecular flexibility index (Phi) is 5.01. The molecule has 5 nitrogen and oxygen atoms in total. The van der Waals surface area contributed by atoms with Gasteiger partial charge in [-0.15, -0.1) is 0 Å². The molecular formula is C18H20N2O3. The molecule has 0 saturated carbocycles. The molecule has 0 spiro atoms. The number of aryl methyl sites for hydroxylation is 3. The van der Waals surface area contributed by atoms with Gasteiger partial charge in [0, 0.05) is 5.56 Å². The van der Waals surface area contributed by atoms with Gasteiger partial charge >= 0.3 is 0 Å². The molecule has 0 aromatic heterocycles. The maximum absolute atomic E-state index is 11.5. The summed E-state index contributed by atoms with van der Waals surface area (Å²) < 4.78 is 5.94. The van der Waals surface area contributed by atoms with Crippen LogP contribution in [0.15, 0.2) is 41.6 Å². The van der Waals surface area contributed by atoms with E-state index in [-0.39, 0.29) is 5.71 Å². The average molecular weight is 312 g/mol. The molecule has 0 fully saturated rings. The highest BCUT2D eigenvalue weighted by molar-refractivity contribution is 6.45. The van der Waals surface area contributed by atoms with Crippen molar-refractivity contribution in [1.29, 1.82) is 0 Å². The van der Waals surface area contributed by atoms with Crippen LogP contribution in [0.3, 0.4) is 0 Å². The summed E-state index contributed by atoms with van der Waals surface area (Å²) in [6.07, 6.45) is 0. The highest BCUT2D eigenvalue weighted by Gasteiger charge is 2.15. The molecular weight excluding hydrogens is 292 g/mol. The molecule has 0 atom stereocenters. The summed E-state index contributed by atoms with van der Waals surface area (Å²) in [7, 11) is 1.37. The molecule has 2 N–H and O–H groups in total. The molecule has 2 aromatic carbocycles. The predicted molar refractivity (Wildman–Crippen MR) is 89.9 cm³/mol. The van der Waals surface area contributed by atoms with Crippen LogP contribution in [0.5, 0.6) is 11.5 Å². The number of amides is 1. The SMILES string of the molecule is CO/N=C(/C(N)=O)c1ccc(Oc2cc(C)ccc2C)cc1C. The first kappa shape index (κ1) is 16.5. The van der Waals surface area contributed by atoms with Crippen LogP contribution < -0.4 is 10.5 Å². The summed E-state index contributed by atoms with van der Waals surface area (Å²) in [4.78, 5) is 16.2. The molecule has 0 heterocycles. The predicted octanol–water partition coefficient (Wildman–Crippen LogP) is 3.24. The van der Waals surface area contributed by atoms with E-state index >= 15 is 0 Å². The molecule has 23 heavy (non-hydrogen) atoms. The number of oxime groups is 1. The summed E-state index contributed by atoms with van der Waals surface area (Å²) >= 11 is 0. The van der Waals surface area contributed by atoms with Gasteiger partial charge in [-0.25, -0.2) is 0 Å². The number of primary amides is 1. The quantitative estimate of drug-likeness (QED) is 0.680. The lowest BCUT2D eigenvalue weighted by atomic mass is 10.0. The average Bonchev–Trinajstić information content (AvgIpc) is 2.49. The Morgan fingerprint density at radius 1 is 1.04 bits per heavy atom. The Morgan fingerprint density at radius 2 is 1.78 bits per heavy atom. The van der Waals surface area contributed by atoms with Gasteiger partial charge in [0.05, 0.1) is 0 Å². The van der Waals surface area contributed by atoms with Crippen LogP contribution in [0, 0.1) is 20.8 Å². The Bertz CT molecular complexity index is 767. The van der Waals surface area contributed by atoms with Gasteiger partial charge in [-0.2, -0.15) is 0 Å². The monoisotopic (exact) mass is 312 g/mol. The minimum absolute atomic E-state index is 0.0864. The van der Waals surface area contributed by atoms with Crippen molar-refractivity contribution in [2.45, 2.75) is 20.8 Å². The fourth-order valence-electron chi connectivity index (χ4n) is 2.23. The maximum atomic E-state index is 11.5. The standard InChI is InChI=1S/C18H20N2O3/c1-11-5-6-12(2)16(9-11)23-14-7-8-15(13(3)10-14)17(18(19)21)20-22-4/h5-10H,1-4H3,(H2,19,21)/b20-17+. The fraction of sp³-hybridized carbons (Fsp3) is 0.222. The van der Waals surface area contributed by atoms with Gasteiger partial charge in [0.1, 0.15) is 18.6 Å². The number of benzene rings is 2. The third-order valence-corrected chi connectivity index (χ3v) is 3.44. The van der Waals surface area contributed by atoms with Crippen LogP contribution >= 0.6 is 0 Å². The van der Waals surface area contributed by atoms with Crippen LogP contribution in [0.2, 0.25) is 0 Å². The Hall–Kier alpha value is -2.82. The number of hydrogen-bond acceptors (Lipinski definition) is 4. The number of carbonyl (C=O) groups is 1. The van der Waals surface area contributed by atoms with Gasteiger partial charge in [0.2, 0.25) is 0 Å². The van der Waals surface area contributed by atoms with Crippen molar-refractivity contribution in [2.24, 2.45) is 10.9 Å². The highest BCUT2D eigenvalue weighted by atomic mass is 16.6. The number of nitrogens with zero attached hydrogens (tertiary/aromatic N) is 1. The highest BCUT2D eigenvalue weighted by Crippen LogP contribution is 2.27. The fourth-order valence-corrected chi connectivity index (χ4v) is 2.23. The van der Waals surface area contributed by atoms with Gasteiger partial charge in [-0.3, -0.25) is 4.79 Å². The second kappa shape index (κ2) is 6.96. The molecule has 120 valence electrons. The van der Waals surface area contributed by atoms with Gasteiger partial charge in [0.25, 0.3) is 5.91 Å². The minimum Gasteiger partial charge on any atom is -0.457 e. The first-order valence-electron chi connectivity index (χ1n) is 7.19. The van der Waals surface area contributed by atoms with Crippen LogP contribution in [0.1, 0.15) is 22.3 Å². The van der Waals surface area contributed by atoms with E-state index in [1.165, 1.54) is 7.11 Å². The normalized spacial score (nSPS) is 11.2. The van der Waals surface area contributed by atoms with Crippen molar-refractivity contribution in [1.82, 2.24) is 0 Å². The van der Waals surface area contributed by atoms with E-state index in [1.807, 2.05) is 45.0 Å². The van der Waals surface area contributed by atoms with Gasteiger partial charge < -0.3 is 15.3 Å². The zero-order chi connectivity index (χ0) is 17.0. The van der Waals surface area contributed by atoms with E-state index < -0.39 is 5.91 Å². The number of nitrogens with two attached hydrogens (primary N) is 1. The van der Waals surface area contributed by atoms with Crippen LogP contribution in [0.25, 0.3) is 0 Å². The number of rotatable bonds is 5. The minimum atomic E-state index is -0.641. The molecule has 0 aliphatic carbocycles. The molecule has 0 aliphatic heterocycles. The summed E-state index contributed by atoms with van der Waals surface area (Å²) in [6.45, 7) is 5.87. The van der Waals surface area contributed by atoms with E-state index in [0.717, 1.165) is 22.4 Å². The van der Waals surface area contributed by atoms with E-state index in [9.17, 15) is 4.79 Å². The number of hydrogen-bond donors (Lipinski definition) is 1. The third kappa shape index (κ3) is 3.88. The van der Waals surface area contributed by atoms with E-state index in [0.29, 0.717) is 11.3 Å². The maximum Gasteiger partial charge on any atom is 0.271 e.